The van der Waals surface area contributed by atoms with Crippen molar-refractivity contribution >= 4 is 11.4 Å². The molecule has 0 unspecified atom stereocenters. The Bertz CT molecular complexity index is 463. The van der Waals surface area contributed by atoms with E-state index >= 15 is 0 Å². The molecule has 0 saturated heterocycles. The van der Waals surface area contributed by atoms with Crippen molar-refractivity contribution in [2.24, 2.45) is 0 Å². The molecule has 118 valence electrons. The van der Waals surface area contributed by atoms with Gasteiger partial charge < -0.3 is 15.0 Å². The van der Waals surface area contributed by atoms with Gasteiger partial charge in [0.1, 0.15) is 0 Å². The molecular formula is C15H25N3O3. The SMILES string of the molecule is CCOc1cc(NCCCN(C)C(C)C)ccc1[N+](=O)[O-]. The molecule has 0 atom stereocenters. The maximum atomic E-state index is 10.9. The molecule has 0 aliphatic rings. The van der Waals surface area contributed by atoms with Crippen LogP contribution in [0.5, 0.6) is 5.75 Å². The van der Waals surface area contributed by atoms with Crippen LogP contribution in [-0.4, -0.2) is 42.6 Å². The van der Waals surface area contributed by atoms with Gasteiger partial charge in [0.2, 0.25) is 0 Å². The Morgan fingerprint density at radius 3 is 2.71 bits per heavy atom. The molecule has 1 rings (SSSR count). The Morgan fingerprint density at radius 1 is 1.43 bits per heavy atom. The normalized spacial score (nSPS) is 11.0. The fourth-order valence-corrected chi connectivity index (χ4v) is 1.87. The zero-order valence-corrected chi connectivity index (χ0v) is 13.3. The van der Waals surface area contributed by atoms with Gasteiger partial charge in [-0.1, -0.05) is 0 Å². The molecule has 0 aliphatic heterocycles. The summed E-state index contributed by atoms with van der Waals surface area (Å²) in [5.74, 6) is 0.312. The number of benzene rings is 1. The fourth-order valence-electron chi connectivity index (χ4n) is 1.87. The molecular weight excluding hydrogens is 270 g/mol. The van der Waals surface area contributed by atoms with Gasteiger partial charge in [-0.25, -0.2) is 0 Å². The highest BCUT2D eigenvalue weighted by atomic mass is 16.6. The fraction of sp³-hybridized carbons (Fsp3) is 0.600. The summed E-state index contributed by atoms with van der Waals surface area (Å²) in [4.78, 5) is 12.8. The molecule has 0 saturated carbocycles. The average Bonchev–Trinajstić information content (AvgIpc) is 2.43. The van der Waals surface area contributed by atoms with Crippen molar-refractivity contribution in [1.82, 2.24) is 4.90 Å². The molecule has 1 N–H and O–H groups in total. The van der Waals surface area contributed by atoms with Gasteiger partial charge in [0, 0.05) is 30.4 Å². The number of hydrogen-bond donors (Lipinski definition) is 1. The van der Waals surface area contributed by atoms with Gasteiger partial charge in [-0.15, -0.1) is 0 Å². The van der Waals surface area contributed by atoms with Gasteiger partial charge in [0.15, 0.2) is 5.75 Å². The molecule has 1 aromatic carbocycles. The van der Waals surface area contributed by atoms with Crippen LogP contribution in [0.3, 0.4) is 0 Å². The minimum atomic E-state index is -0.424. The molecule has 6 heteroatoms. The predicted molar refractivity (Wildman–Crippen MR) is 85.1 cm³/mol. The smallest absolute Gasteiger partial charge is 0.311 e. The molecule has 0 heterocycles. The van der Waals surface area contributed by atoms with E-state index in [0.717, 1.165) is 25.2 Å². The number of anilines is 1. The van der Waals surface area contributed by atoms with E-state index in [1.165, 1.54) is 6.07 Å². The Labute approximate surface area is 126 Å². The summed E-state index contributed by atoms with van der Waals surface area (Å²) in [7, 11) is 2.10. The van der Waals surface area contributed by atoms with Crippen molar-refractivity contribution in [3.8, 4) is 5.75 Å². The predicted octanol–water partition coefficient (Wildman–Crippen LogP) is 3.14. The highest BCUT2D eigenvalue weighted by Crippen LogP contribution is 2.30. The highest BCUT2D eigenvalue weighted by Gasteiger charge is 2.15. The summed E-state index contributed by atoms with van der Waals surface area (Å²) < 4.78 is 5.33. The number of hydrogen-bond acceptors (Lipinski definition) is 5. The summed E-state index contributed by atoms with van der Waals surface area (Å²) in [5, 5.41) is 14.2. The number of nitro benzene ring substituents is 1. The molecule has 0 amide bonds. The monoisotopic (exact) mass is 295 g/mol. The van der Waals surface area contributed by atoms with Crippen LogP contribution in [0.15, 0.2) is 18.2 Å². The maximum absolute atomic E-state index is 10.9. The van der Waals surface area contributed by atoms with E-state index in [0.29, 0.717) is 18.4 Å². The average molecular weight is 295 g/mol. The van der Waals surface area contributed by atoms with E-state index in [-0.39, 0.29) is 5.69 Å². The first-order valence-corrected chi connectivity index (χ1v) is 7.31. The lowest BCUT2D eigenvalue weighted by atomic mass is 10.2. The molecule has 21 heavy (non-hydrogen) atoms. The van der Waals surface area contributed by atoms with Crippen LogP contribution >= 0.6 is 0 Å². The molecule has 1 aromatic rings. The van der Waals surface area contributed by atoms with Gasteiger partial charge in [0.05, 0.1) is 11.5 Å². The quantitative estimate of drug-likeness (QED) is 0.430. The first-order chi connectivity index (χ1) is 9.95. The van der Waals surface area contributed by atoms with Gasteiger partial charge in [0.25, 0.3) is 0 Å². The van der Waals surface area contributed by atoms with Gasteiger partial charge in [-0.05, 0) is 46.9 Å². The zero-order valence-electron chi connectivity index (χ0n) is 13.3. The van der Waals surface area contributed by atoms with Crippen molar-refractivity contribution in [2.45, 2.75) is 33.2 Å². The molecule has 0 radical (unpaired) electrons. The topological polar surface area (TPSA) is 67.6 Å². The van der Waals surface area contributed by atoms with Crippen LogP contribution < -0.4 is 10.1 Å². The van der Waals surface area contributed by atoms with Crippen molar-refractivity contribution in [1.29, 1.82) is 0 Å². The lowest BCUT2D eigenvalue weighted by Gasteiger charge is -2.20. The number of ether oxygens (including phenoxy) is 1. The van der Waals surface area contributed by atoms with Crippen LogP contribution in [-0.2, 0) is 0 Å². The molecule has 6 nitrogen and oxygen atoms in total. The molecule has 0 aliphatic carbocycles. The third kappa shape index (κ3) is 5.59. The van der Waals surface area contributed by atoms with Crippen molar-refractivity contribution in [2.75, 3.05) is 32.1 Å². The Kier molecular flexibility index (Phi) is 6.94. The number of rotatable bonds is 9. The molecule has 0 bridgehead atoms. The van der Waals surface area contributed by atoms with Crippen molar-refractivity contribution in [3.63, 3.8) is 0 Å². The lowest BCUT2D eigenvalue weighted by Crippen LogP contribution is -2.28. The summed E-state index contributed by atoms with van der Waals surface area (Å²) in [5.41, 5.74) is 0.846. The largest absolute Gasteiger partial charge is 0.487 e. The molecule has 0 fully saturated rings. The zero-order chi connectivity index (χ0) is 15.8. The third-order valence-corrected chi connectivity index (χ3v) is 3.35. The summed E-state index contributed by atoms with van der Waals surface area (Å²) >= 11 is 0. The second-order valence-electron chi connectivity index (χ2n) is 5.23. The van der Waals surface area contributed by atoms with E-state index in [2.05, 4.69) is 31.1 Å². The minimum absolute atomic E-state index is 0.00180. The van der Waals surface area contributed by atoms with E-state index in [4.69, 9.17) is 4.74 Å². The van der Waals surface area contributed by atoms with E-state index < -0.39 is 4.92 Å². The Balaban J connectivity index is 2.56. The number of nitrogens with one attached hydrogen (secondary N) is 1. The Hall–Kier alpha value is -1.82. The van der Waals surface area contributed by atoms with Gasteiger partial charge in [-0.2, -0.15) is 0 Å². The first-order valence-electron chi connectivity index (χ1n) is 7.31. The summed E-state index contributed by atoms with van der Waals surface area (Å²) in [6.45, 7) is 8.38. The van der Waals surface area contributed by atoms with Crippen molar-refractivity contribution in [3.05, 3.63) is 28.3 Å². The first kappa shape index (κ1) is 17.2. The summed E-state index contributed by atoms with van der Waals surface area (Å²) in [6.07, 6.45) is 1.01. The standard InChI is InChI=1S/C15H25N3O3/c1-5-21-15-11-13(7-8-14(15)18(19)20)16-9-6-10-17(4)12(2)3/h7-8,11-12,16H,5-6,9-10H2,1-4H3. The van der Waals surface area contributed by atoms with E-state index in [1.54, 1.807) is 12.1 Å². The lowest BCUT2D eigenvalue weighted by molar-refractivity contribution is -0.385. The Morgan fingerprint density at radius 2 is 2.14 bits per heavy atom. The highest BCUT2D eigenvalue weighted by molar-refractivity contribution is 5.57. The van der Waals surface area contributed by atoms with Crippen LogP contribution in [0.1, 0.15) is 27.2 Å². The third-order valence-electron chi connectivity index (χ3n) is 3.35. The molecule has 0 spiro atoms. The number of nitrogens with zero attached hydrogens (tertiary/aromatic N) is 2. The van der Waals surface area contributed by atoms with Crippen LogP contribution in [0, 0.1) is 10.1 Å². The maximum Gasteiger partial charge on any atom is 0.311 e. The van der Waals surface area contributed by atoms with E-state index in [1.807, 2.05) is 6.92 Å². The van der Waals surface area contributed by atoms with Gasteiger partial charge in [-0.3, -0.25) is 10.1 Å². The minimum Gasteiger partial charge on any atom is -0.487 e. The summed E-state index contributed by atoms with van der Waals surface area (Å²) in [6, 6.07) is 5.42. The number of nitro groups is 1. The van der Waals surface area contributed by atoms with Crippen molar-refractivity contribution < 1.29 is 9.66 Å². The molecule has 0 aromatic heterocycles. The van der Waals surface area contributed by atoms with Gasteiger partial charge >= 0.3 is 5.69 Å². The van der Waals surface area contributed by atoms with Crippen LogP contribution in [0.4, 0.5) is 11.4 Å². The van der Waals surface area contributed by atoms with E-state index in [9.17, 15) is 10.1 Å². The second kappa shape index (κ2) is 8.46. The van der Waals surface area contributed by atoms with Crippen LogP contribution in [0.2, 0.25) is 0 Å². The second-order valence-corrected chi connectivity index (χ2v) is 5.23. The van der Waals surface area contributed by atoms with Crippen LogP contribution in [0.25, 0.3) is 0 Å².